The Bertz CT molecular complexity index is 852. The van der Waals surface area contributed by atoms with Crippen molar-refractivity contribution in [1.29, 1.82) is 0 Å². The molecule has 0 unspecified atom stereocenters. The smallest absolute Gasteiger partial charge is 0.403 e. The molecule has 1 N–H and O–H groups in total. The molecule has 1 saturated carbocycles. The maximum atomic E-state index is 12.9. The van der Waals surface area contributed by atoms with Gasteiger partial charge in [0, 0.05) is 16.9 Å². The summed E-state index contributed by atoms with van der Waals surface area (Å²) in [6, 6.07) is 19.8. The number of hydrogen-bond acceptors (Lipinski definition) is 3. The standard InChI is InChI=1S/C24H30BNO3/c1-22(2)23(3,4)29-25(28-22)24(17-18-11-7-5-8-12-18)16-15-20(24)26-21(27)19-13-9-6-10-14-19/h5-14,20H,15-17H2,1-4H3,(H,26,27)/t20-,24-/m0/s1. The summed E-state index contributed by atoms with van der Waals surface area (Å²) in [4.78, 5) is 12.9. The van der Waals surface area contributed by atoms with Crippen LogP contribution < -0.4 is 5.32 Å². The van der Waals surface area contributed by atoms with E-state index >= 15 is 0 Å². The van der Waals surface area contributed by atoms with E-state index in [1.54, 1.807) is 0 Å². The quantitative estimate of drug-likeness (QED) is 0.755. The van der Waals surface area contributed by atoms with Gasteiger partial charge in [0.2, 0.25) is 0 Å². The minimum Gasteiger partial charge on any atom is -0.403 e. The lowest BCUT2D eigenvalue weighted by molar-refractivity contribution is 0.00578. The molecule has 0 radical (unpaired) electrons. The van der Waals surface area contributed by atoms with Gasteiger partial charge in [0.1, 0.15) is 0 Å². The van der Waals surface area contributed by atoms with Gasteiger partial charge in [-0.1, -0.05) is 48.5 Å². The van der Waals surface area contributed by atoms with E-state index in [0.717, 1.165) is 19.3 Å². The van der Waals surface area contributed by atoms with Gasteiger partial charge in [0.05, 0.1) is 11.2 Å². The van der Waals surface area contributed by atoms with Gasteiger partial charge in [0.25, 0.3) is 5.91 Å². The average Bonchev–Trinajstić information content (AvgIpc) is 2.91. The van der Waals surface area contributed by atoms with Gasteiger partial charge in [-0.2, -0.15) is 0 Å². The molecule has 1 aliphatic heterocycles. The lowest BCUT2D eigenvalue weighted by Gasteiger charge is -2.50. The predicted octanol–water partition coefficient (Wildman–Crippen LogP) is 4.65. The lowest BCUT2D eigenvalue weighted by Crippen LogP contribution is -2.59. The molecule has 2 aliphatic rings. The number of hydrogen-bond donors (Lipinski definition) is 1. The van der Waals surface area contributed by atoms with Crippen molar-refractivity contribution in [3.8, 4) is 0 Å². The Balaban J connectivity index is 1.62. The second-order valence-electron chi connectivity index (χ2n) is 9.41. The Hall–Kier alpha value is -2.11. The van der Waals surface area contributed by atoms with Gasteiger partial charge in [-0.15, -0.1) is 0 Å². The largest absolute Gasteiger partial charge is 0.466 e. The van der Waals surface area contributed by atoms with E-state index in [0.29, 0.717) is 5.56 Å². The van der Waals surface area contributed by atoms with Crippen LogP contribution in [0.2, 0.25) is 5.31 Å². The first-order chi connectivity index (χ1) is 13.7. The van der Waals surface area contributed by atoms with Crippen molar-refractivity contribution in [1.82, 2.24) is 5.32 Å². The Morgan fingerprint density at radius 1 is 0.966 bits per heavy atom. The molecule has 2 aromatic carbocycles. The van der Waals surface area contributed by atoms with Crippen molar-refractivity contribution in [3.05, 3.63) is 71.8 Å². The van der Waals surface area contributed by atoms with Crippen LogP contribution in [0, 0.1) is 0 Å². The van der Waals surface area contributed by atoms with Crippen molar-refractivity contribution in [2.24, 2.45) is 0 Å². The van der Waals surface area contributed by atoms with Gasteiger partial charge >= 0.3 is 7.12 Å². The van der Waals surface area contributed by atoms with Crippen LogP contribution in [-0.2, 0) is 15.7 Å². The zero-order valence-electron chi connectivity index (χ0n) is 17.8. The highest BCUT2D eigenvalue weighted by Gasteiger charge is 2.65. The topological polar surface area (TPSA) is 47.6 Å². The number of benzene rings is 2. The van der Waals surface area contributed by atoms with E-state index in [4.69, 9.17) is 9.31 Å². The summed E-state index contributed by atoms with van der Waals surface area (Å²) in [6.07, 6.45) is 2.69. The molecule has 1 saturated heterocycles. The summed E-state index contributed by atoms with van der Waals surface area (Å²) in [5.41, 5.74) is 1.12. The third kappa shape index (κ3) is 3.62. The molecule has 1 aliphatic carbocycles. The van der Waals surface area contributed by atoms with Crippen molar-refractivity contribution < 1.29 is 14.1 Å². The molecule has 152 valence electrons. The van der Waals surface area contributed by atoms with Crippen LogP contribution in [0.15, 0.2) is 60.7 Å². The van der Waals surface area contributed by atoms with E-state index in [9.17, 15) is 4.79 Å². The molecule has 2 aromatic rings. The molecule has 2 fully saturated rings. The third-order valence-corrected chi connectivity index (χ3v) is 7.03. The molecule has 5 heteroatoms. The molecule has 0 bridgehead atoms. The number of rotatable bonds is 5. The normalized spacial score (nSPS) is 27.3. The number of carbonyl (C=O) groups is 1. The van der Waals surface area contributed by atoms with E-state index in [1.165, 1.54) is 5.56 Å². The summed E-state index contributed by atoms with van der Waals surface area (Å²) < 4.78 is 13.0. The monoisotopic (exact) mass is 391 g/mol. The van der Waals surface area contributed by atoms with Gasteiger partial charge in [0.15, 0.2) is 0 Å². The van der Waals surface area contributed by atoms with Crippen LogP contribution >= 0.6 is 0 Å². The number of nitrogens with one attached hydrogen (secondary N) is 1. The molecule has 4 rings (SSSR count). The lowest BCUT2D eigenvalue weighted by atomic mass is 9.42. The Morgan fingerprint density at radius 3 is 2.03 bits per heavy atom. The molecule has 4 nitrogen and oxygen atoms in total. The molecular weight excluding hydrogens is 361 g/mol. The van der Waals surface area contributed by atoms with E-state index in [-0.39, 0.29) is 24.4 Å². The fourth-order valence-corrected chi connectivity index (χ4v) is 4.34. The summed E-state index contributed by atoms with van der Waals surface area (Å²) in [5.74, 6) is -0.0377. The zero-order chi connectivity index (χ0) is 20.7. The molecule has 2 atom stereocenters. The summed E-state index contributed by atoms with van der Waals surface area (Å²) >= 11 is 0. The molecule has 1 heterocycles. The number of carbonyl (C=O) groups excluding carboxylic acids is 1. The highest BCUT2D eigenvalue weighted by atomic mass is 16.7. The Labute approximate surface area is 174 Å². The van der Waals surface area contributed by atoms with E-state index < -0.39 is 11.2 Å². The first kappa shape index (κ1) is 20.2. The zero-order valence-corrected chi connectivity index (χ0v) is 17.8. The number of amides is 1. The van der Waals surface area contributed by atoms with Gasteiger partial charge < -0.3 is 14.6 Å². The first-order valence-electron chi connectivity index (χ1n) is 10.5. The minimum absolute atomic E-state index is 0.00473. The van der Waals surface area contributed by atoms with Crippen molar-refractivity contribution in [2.75, 3.05) is 0 Å². The van der Waals surface area contributed by atoms with Crippen LogP contribution in [0.25, 0.3) is 0 Å². The minimum atomic E-state index is -0.398. The Kier molecular flexibility index (Phi) is 5.08. The summed E-state index contributed by atoms with van der Waals surface area (Å²) in [6.45, 7) is 8.33. The maximum absolute atomic E-state index is 12.9. The van der Waals surface area contributed by atoms with Crippen LogP contribution in [0.3, 0.4) is 0 Å². The third-order valence-electron chi connectivity index (χ3n) is 7.03. The van der Waals surface area contributed by atoms with Crippen molar-refractivity contribution >= 4 is 13.0 Å². The molecule has 1 amide bonds. The second-order valence-corrected chi connectivity index (χ2v) is 9.41. The van der Waals surface area contributed by atoms with Crippen LogP contribution in [0.1, 0.15) is 56.5 Å². The molecule has 29 heavy (non-hydrogen) atoms. The van der Waals surface area contributed by atoms with Crippen LogP contribution in [0.5, 0.6) is 0 Å². The maximum Gasteiger partial charge on any atom is 0.466 e. The first-order valence-corrected chi connectivity index (χ1v) is 10.5. The second kappa shape index (κ2) is 7.30. The van der Waals surface area contributed by atoms with Crippen molar-refractivity contribution in [3.63, 3.8) is 0 Å². The SMILES string of the molecule is CC1(C)OB([C@]2(Cc3ccccc3)CC[C@@H]2NC(=O)c2ccccc2)OC1(C)C. The average molecular weight is 391 g/mol. The summed E-state index contributed by atoms with van der Waals surface area (Å²) in [5, 5.41) is 3.00. The molecule has 0 aromatic heterocycles. The van der Waals surface area contributed by atoms with Crippen molar-refractivity contribution in [2.45, 2.75) is 69.5 Å². The van der Waals surface area contributed by atoms with Gasteiger partial charge in [-0.25, -0.2) is 0 Å². The van der Waals surface area contributed by atoms with Crippen LogP contribution in [0.4, 0.5) is 0 Å². The predicted molar refractivity (Wildman–Crippen MR) is 116 cm³/mol. The fourth-order valence-electron chi connectivity index (χ4n) is 4.34. The molecular formula is C24H30BNO3. The van der Waals surface area contributed by atoms with Gasteiger partial charge in [-0.3, -0.25) is 4.79 Å². The fraction of sp³-hybridized carbons (Fsp3) is 0.458. The van der Waals surface area contributed by atoms with E-state index in [1.807, 2.05) is 36.4 Å². The highest BCUT2D eigenvalue weighted by molar-refractivity contribution is 6.50. The summed E-state index contributed by atoms with van der Waals surface area (Å²) in [7, 11) is -0.359. The highest BCUT2D eigenvalue weighted by Crippen LogP contribution is 2.57. The van der Waals surface area contributed by atoms with Crippen LogP contribution in [-0.4, -0.2) is 30.3 Å². The Morgan fingerprint density at radius 2 is 1.52 bits per heavy atom. The molecule has 0 spiro atoms. The van der Waals surface area contributed by atoms with Gasteiger partial charge in [-0.05, 0) is 64.7 Å². The van der Waals surface area contributed by atoms with E-state index in [2.05, 4.69) is 57.3 Å².